The molecule has 1 atom stereocenters. The Hall–Kier alpha value is -2.07. The molecule has 1 aromatic carbocycles. The van der Waals surface area contributed by atoms with Gasteiger partial charge in [0, 0.05) is 24.0 Å². The van der Waals surface area contributed by atoms with Crippen molar-refractivity contribution in [2.24, 2.45) is 0 Å². The van der Waals surface area contributed by atoms with E-state index in [4.69, 9.17) is 9.47 Å². The van der Waals surface area contributed by atoms with Crippen LogP contribution in [0.4, 0.5) is 0 Å². The maximum Gasteiger partial charge on any atom is 0.122 e. The van der Waals surface area contributed by atoms with Gasteiger partial charge in [-0.2, -0.15) is 0 Å². The summed E-state index contributed by atoms with van der Waals surface area (Å²) in [5, 5.41) is 10.4. The van der Waals surface area contributed by atoms with Gasteiger partial charge in [-0.25, -0.2) is 0 Å². The fraction of sp³-hybridized carbons (Fsp3) is 0.267. The summed E-state index contributed by atoms with van der Waals surface area (Å²) in [4.78, 5) is 4.09. The Bertz CT molecular complexity index is 547. The van der Waals surface area contributed by atoms with Gasteiger partial charge in [-0.3, -0.25) is 4.98 Å². The second-order valence-corrected chi connectivity index (χ2v) is 4.34. The van der Waals surface area contributed by atoms with Gasteiger partial charge in [0.25, 0.3) is 0 Å². The average molecular weight is 259 g/mol. The van der Waals surface area contributed by atoms with Crippen LogP contribution in [0.5, 0.6) is 11.5 Å². The maximum atomic E-state index is 10.4. The van der Waals surface area contributed by atoms with E-state index in [9.17, 15) is 5.11 Å². The molecule has 0 bridgehead atoms. The van der Waals surface area contributed by atoms with Gasteiger partial charge < -0.3 is 14.6 Å². The molecule has 0 aliphatic rings. The molecule has 0 aliphatic carbocycles. The molecule has 0 fully saturated rings. The molecular weight excluding hydrogens is 242 g/mol. The number of rotatable bonds is 4. The predicted octanol–water partition coefficient (Wildman–Crippen LogP) is 2.49. The zero-order valence-corrected chi connectivity index (χ0v) is 11.3. The minimum Gasteiger partial charge on any atom is -0.497 e. The SMILES string of the molecule is COc1cc(OC)cc(C(O)c2cncc(C)c2)c1. The number of hydrogen-bond acceptors (Lipinski definition) is 4. The first-order valence-electron chi connectivity index (χ1n) is 5.96. The lowest BCUT2D eigenvalue weighted by atomic mass is 10.0. The molecule has 2 rings (SSSR count). The molecule has 0 radical (unpaired) electrons. The first-order chi connectivity index (χ1) is 9.13. The fourth-order valence-electron chi connectivity index (χ4n) is 1.91. The first kappa shape index (κ1) is 13.4. The summed E-state index contributed by atoms with van der Waals surface area (Å²) in [6, 6.07) is 7.25. The van der Waals surface area contributed by atoms with Crippen LogP contribution in [0.2, 0.25) is 0 Å². The first-order valence-corrected chi connectivity index (χ1v) is 5.96. The number of benzene rings is 1. The number of pyridine rings is 1. The molecule has 19 heavy (non-hydrogen) atoms. The number of aryl methyl sites for hydroxylation is 1. The van der Waals surface area contributed by atoms with Crippen LogP contribution in [0.25, 0.3) is 0 Å². The van der Waals surface area contributed by atoms with Crippen molar-refractivity contribution in [1.29, 1.82) is 0 Å². The monoisotopic (exact) mass is 259 g/mol. The van der Waals surface area contributed by atoms with E-state index in [-0.39, 0.29) is 0 Å². The molecule has 4 heteroatoms. The van der Waals surface area contributed by atoms with Crippen molar-refractivity contribution in [3.8, 4) is 11.5 Å². The third kappa shape index (κ3) is 3.03. The number of ether oxygens (including phenoxy) is 2. The summed E-state index contributed by atoms with van der Waals surface area (Å²) in [7, 11) is 3.16. The van der Waals surface area contributed by atoms with Gasteiger partial charge >= 0.3 is 0 Å². The van der Waals surface area contributed by atoms with Crippen molar-refractivity contribution >= 4 is 0 Å². The van der Waals surface area contributed by atoms with Crippen molar-refractivity contribution in [2.75, 3.05) is 14.2 Å². The smallest absolute Gasteiger partial charge is 0.122 e. The minimum atomic E-state index is -0.753. The lowest BCUT2D eigenvalue weighted by Gasteiger charge is -2.14. The molecule has 0 aliphatic heterocycles. The fourth-order valence-corrected chi connectivity index (χ4v) is 1.91. The van der Waals surface area contributed by atoms with Crippen LogP contribution in [-0.4, -0.2) is 24.3 Å². The normalized spacial score (nSPS) is 12.0. The standard InChI is InChI=1S/C15H17NO3/c1-10-4-12(9-16-8-10)15(17)11-5-13(18-2)7-14(6-11)19-3/h4-9,15,17H,1-3H3. The molecule has 0 saturated heterocycles. The van der Waals surface area contributed by atoms with Gasteiger partial charge in [-0.05, 0) is 30.2 Å². The number of aliphatic hydroxyl groups excluding tert-OH is 1. The quantitative estimate of drug-likeness (QED) is 0.916. The molecule has 0 saturated carbocycles. The van der Waals surface area contributed by atoms with E-state index in [0.29, 0.717) is 17.1 Å². The lowest BCUT2D eigenvalue weighted by molar-refractivity contribution is 0.218. The topological polar surface area (TPSA) is 51.6 Å². The van der Waals surface area contributed by atoms with E-state index in [1.807, 2.05) is 13.0 Å². The molecular formula is C15H17NO3. The number of aliphatic hydroxyl groups is 1. The molecule has 1 unspecified atom stereocenters. The van der Waals surface area contributed by atoms with Crippen molar-refractivity contribution in [3.05, 3.63) is 53.3 Å². The van der Waals surface area contributed by atoms with E-state index >= 15 is 0 Å². The molecule has 0 spiro atoms. The number of methoxy groups -OCH3 is 2. The van der Waals surface area contributed by atoms with Gasteiger partial charge in [0.1, 0.15) is 17.6 Å². The highest BCUT2D eigenvalue weighted by Gasteiger charge is 2.13. The summed E-state index contributed by atoms with van der Waals surface area (Å²) < 4.78 is 10.4. The van der Waals surface area contributed by atoms with E-state index in [1.165, 1.54) is 0 Å². The van der Waals surface area contributed by atoms with E-state index in [2.05, 4.69) is 4.98 Å². The third-order valence-corrected chi connectivity index (χ3v) is 2.90. The van der Waals surface area contributed by atoms with Gasteiger partial charge in [-0.1, -0.05) is 6.07 Å². The van der Waals surface area contributed by atoms with Gasteiger partial charge in [0.2, 0.25) is 0 Å². The van der Waals surface area contributed by atoms with Gasteiger partial charge in [-0.15, -0.1) is 0 Å². The molecule has 1 heterocycles. The Morgan fingerprint density at radius 3 is 2.11 bits per heavy atom. The van der Waals surface area contributed by atoms with Crippen molar-refractivity contribution in [2.45, 2.75) is 13.0 Å². The van der Waals surface area contributed by atoms with Crippen LogP contribution in [-0.2, 0) is 0 Å². The minimum absolute atomic E-state index is 0.647. The zero-order chi connectivity index (χ0) is 13.8. The largest absolute Gasteiger partial charge is 0.497 e. The van der Waals surface area contributed by atoms with E-state index < -0.39 is 6.10 Å². The van der Waals surface area contributed by atoms with Crippen molar-refractivity contribution in [3.63, 3.8) is 0 Å². The second-order valence-electron chi connectivity index (χ2n) is 4.34. The summed E-state index contributed by atoms with van der Waals surface area (Å²) in [5.74, 6) is 1.29. The molecule has 1 aromatic heterocycles. The number of nitrogens with zero attached hydrogens (tertiary/aromatic N) is 1. The maximum absolute atomic E-state index is 10.4. The molecule has 100 valence electrons. The van der Waals surface area contributed by atoms with Crippen LogP contribution in [0, 0.1) is 6.92 Å². The second kappa shape index (κ2) is 5.71. The van der Waals surface area contributed by atoms with Crippen molar-refractivity contribution in [1.82, 2.24) is 4.98 Å². The zero-order valence-electron chi connectivity index (χ0n) is 11.3. The summed E-state index contributed by atoms with van der Waals surface area (Å²) in [6.07, 6.45) is 2.66. The molecule has 1 N–H and O–H groups in total. The van der Waals surface area contributed by atoms with Crippen LogP contribution >= 0.6 is 0 Å². The van der Waals surface area contributed by atoms with Gasteiger partial charge in [0.15, 0.2) is 0 Å². The van der Waals surface area contributed by atoms with Crippen molar-refractivity contribution < 1.29 is 14.6 Å². The Kier molecular flexibility index (Phi) is 4.02. The lowest BCUT2D eigenvalue weighted by Crippen LogP contribution is -2.02. The van der Waals surface area contributed by atoms with Crippen LogP contribution in [0.1, 0.15) is 22.8 Å². The van der Waals surface area contributed by atoms with Crippen LogP contribution in [0.15, 0.2) is 36.7 Å². The van der Waals surface area contributed by atoms with Crippen LogP contribution in [0.3, 0.4) is 0 Å². The molecule has 0 amide bonds. The average Bonchev–Trinajstić information content (AvgIpc) is 2.45. The molecule has 4 nitrogen and oxygen atoms in total. The third-order valence-electron chi connectivity index (χ3n) is 2.90. The van der Waals surface area contributed by atoms with E-state index in [0.717, 1.165) is 11.1 Å². The molecule has 2 aromatic rings. The van der Waals surface area contributed by atoms with Gasteiger partial charge in [0.05, 0.1) is 14.2 Å². The Morgan fingerprint density at radius 2 is 1.58 bits per heavy atom. The Labute approximate surface area is 112 Å². The Morgan fingerprint density at radius 1 is 0.947 bits per heavy atom. The summed E-state index contributed by atoms with van der Waals surface area (Å²) >= 11 is 0. The number of hydrogen-bond donors (Lipinski definition) is 1. The van der Waals surface area contributed by atoms with Crippen LogP contribution < -0.4 is 9.47 Å². The highest BCUT2D eigenvalue weighted by Crippen LogP contribution is 2.29. The highest BCUT2D eigenvalue weighted by molar-refractivity contribution is 5.42. The highest BCUT2D eigenvalue weighted by atomic mass is 16.5. The summed E-state index contributed by atoms with van der Waals surface area (Å²) in [5.41, 5.74) is 2.46. The predicted molar refractivity (Wildman–Crippen MR) is 72.6 cm³/mol. The number of aromatic nitrogens is 1. The Balaban J connectivity index is 2.40. The van der Waals surface area contributed by atoms with E-state index in [1.54, 1.807) is 44.8 Å². The summed E-state index contributed by atoms with van der Waals surface area (Å²) in [6.45, 7) is 1.94.